The van der Waals surface area contributed by atoms with Gasteiger partial charge in [0.1, 0.15) is 0 Å². The quantitative estimate of drug-likeness (QED) is 0.625. The summed E-state index contributed by atoms with van der Waals surface area (Å²) in [5.74, 6) is -1.12. The molecule has 0 fully saturated rings. The second kappa shape index (κ2) is 6.88. The van der Waals surface area contributed by atoms with Crippen LogP contribution < -0.4 is 10.6 Å². The van der Waals surface area contributed by atoms with E-state index in [1.54, 1.807) is 0 Å². The van der Waals surface area contributed by atoms with Gasteiger partial charge in [-0.1, -0.05) is 0 Å². The van der Waals surface area contributed by atoms with E-state index in [0.29, 0.717) is 6.54 Å². The fraction of sp³-hybridized carbons (Fsp3) is 0.455. The maximum absolute atomic E-state index is 11.5. The Bertz CT molecular complexity index is 461. The minimum atomic E-state index is -1.46. The number of halogens is 1. The zero-order valence-corrected chi connectivity index (χ0v) is 12.7. The lowest BCUT2D eigenvalue weighted by Crippen LogP contribution is -2.45. The summed E-state index contributed by atoms with van der Waals surface area (Å²) in [5, 5.41) is 25.2. The molecule has 1 heterocycles. The number of hydrogen-bond donors (Lipinski definition) is 4. The summed E-state index contributed by atoms with van der Waals surface area (Å²) in [7, 11) is 0. The summed E-state index contributed by atoms with van der Waals surface area (Å²) < 4.78 is 0.957. The molecule has 4 N–H and O–H groups in total. The van der Waals surface area contributed by atoms with Crippen molar-refractivity contribution in [2.45, 2.75) is 25.5 Å². The first-order valence-corrected chi connectivity index (χ1v) is 7.14. The normalized spacial score (nSPS) is 13.6. The van der Waals surface area contributed by atoms with Crippen LogP contribution in [0.2, 0.25) is 0 Å². The van der Waals surface area contributed by atoms with E-state index in [9.17, 15) is 14.7 Å². The number of aliphatic carboxylic acids is 1. The Morgan fingerprint density at radius 1 is 1.47 bits per heavy atom. The molecular formula is C11H15BrN2O4S. The van der Waals surface area contributed by atoms with Crippen LogP contribution in [0.5, 0.6) is 0 Å². The van der Waals surface area contributed by atoms with Crippen molar-refractivity contribution in [2.24, 2.45) is 0 Å². The van der Waals surface area contributed by atoms with Crippen molar-refractivity contribution in [1.29, 1.82) is 0 Å². The van der Waals surface area contributed by atoms with Crippen LogP contribution in [0.25, 0.3) is 0 Å². The largest absolute Gasteiger partial charge is 0.481 e. The topological polar surface area (TPSA) is 98.7 Å². The highest BCUT2D eigenvalue weighted by Crippen LogP contribution is 2.19. The smallest absolute Gasteiger partial charge is 0.315 e. The van der Waals surface area contributed by atoms with Gasteiger partial charge >= 0.3 is 12.0 Å². The first-order valence-electron chi connectivity index (χ1n) is 5.47. The van der Waals surface area contributed by atoms with Crippen LogP contribution in [-0.4, -0.2) is 34.4 Å². The van der Waals surface area contributed by atoms with Crippen molar-refractivity contribution in [3.8, 4) is 0 Å². The second-order valence-corrected chi connectivity index (χ2v) is 6.25. The number of amides is 2. The molecule has 1 aromatic heterocycles. The summed E-state index contributed by atoms with van der Waals surface area (Å²) in [4.78, 5) is 22.9. The summed E-state index contributed by atoms with van der Waals surface area (Å²) in [6.07, 6.45) is -0.425. The monoisotopic (exact) mass is 350 g/mol. The number of urea groups is 1. The molecule has 0 aromatic carbocycles. The van der Waals surface area contributed by atoms with Crippen LogP contribution in [0.1, 0.15) is 18.2 Å². The molecule has 2 amide bonds. The van der Waals surface area contributed by atoms with Gasteiger partial charge in [-0.15, -0.1) is 11.3 Å². The third-order valence-electron chi connectivity index (χ3n) is 2.21. The SMILES string of the molecule is CC(O)(CNC(=O)NCc1cc(Br)cs1)CC(=O)O. The number of aliphatic hydroxyl groups is 1. The number of thiophene rings is 1. The Labute approximate surface area is 123 Å². The van der Waals surface area contributed by atoms with E-state index in [2.05, 4.69) is 26.6 Å². The molecule has 0 saturated heterocycles. The van der Waals surface area contributed by atoms with Crippen molar-refractivity contribution in [3.05, 3.63) is 20.8 Å². The third-order valence-corrected chi connectivity index (χ3v) is 3.90. The van der Waals surface area contributed by atoms with Gasteiger partial charge in [0.05, 0.1) is 18.6 Å². The van der Waals surface area contributed by atoms with Crippen molar-refractivity contribution >= 4 is 39.3 Å². The Balaban J connectivity index is 2.30. The molecule has 0 aliphatic heterocycles. The maximum Gasteiger partial charge on any atom is 0.315 e. The number of carboxylic acids is 1. The third kappa shape index (κ3) is 6.55. The van der Waals surface area contributed by atoms with Crippen LogP contribution in [0.4, 0.5) is 4.79 Å². The number of nitrogens with one attached hydrogen (secondary N) is 2. The van der Waals surface area contributed by atoms with Crippen molar-refractivity contribution in [2.75, 3.05) is 6.54 Å². The number of hydrogen-bond acceptors (Lipinski definition) is 4. The molecular weight excluding hydrogens is 336 g/mol. The highest BCUT2D eigenvalue weighted by atomic mass is 79.9. The van der Waals surface area contributed by atoms with Crippen LogP contribution in [0.3, 0.4) is 0 Å². The first-order chi connectivity index (χ1) is 8.78. The van der Waals surface area contributed by atoms with Gasteiger partial charge in [-0.3, -0.25) is 4.79 Å². The Morgan fingerprint density at radius 3 is 2.68 bits per heavy atom. The molecule has 1 rings (SSSR count). The van der Waals surface area contributed by atoms with Crippen LogP contribution in [-0.2, 0) is 11.3 Å². The fourth-order valence-electron chi connectivity index (χ4n) is 1.34. The lowest BCUT2D eigenvalue weighted by molar-refractivity contribution is -0.141. The predicted octanol–water partition coefficient (Wildman–Crippen LogP) is 1.54. The minimum Gasteiger partial charge on any atom is -0.481 e. The van der Waals surface area contributed by atoms with E-state index >= 15 is 0 Å². The second-order valence-electron chi connectivity index (χ2n) is 4.33. The average Bonchev–Trinajstić information content (AvgIpc) is 2.68. The summed E-state index contributed by atoms with van der Waals surface area (Å²) >= 11 is 4.82. The zero-order chi connectivity index (χ0) is 14.5. The van der Waals surface area contributed by atoms with E-state index in [0.717, 1.165) is 9.35 Å². The molecule has 0 radical (unpaired) electrons. The molecule has 1 atom stereocenters. The standard InChI is InChI=1S/C11H15BrN2O4S/c1-11(18,3-9(15)16)6-14-10(17)13-4-8-2-7(12)5-19-8/h2,5,18H,3-4,6H2,1H3,(H,15,16)(H2,13,14,17). The van der Waals surface area contributed by atoms with E-state index < -0.39 is 24.0 Å². The fourth-order valence-corrected chi connectivity index (χ4v) is 2.73. The van der Waals surface area contributed by atoms with Crippen LogP contribution in [0.15, 0.2) is 15.9 Å². The van der Waals surface area contributed by atoms with E-state index in [1.807, 2.05) is 11.4 Å². The van der Waals surface area contributed by atoms with Crippen LogP contribution >= 0.6 is 27.3 Å². The molecule has 0 bridgehead atoms. The molecule has 0 spiro atoms. The van der Waals surface area contributed by atoms with Gasteiger partial charge in [-0.25, -0.2) is 4.79 Å². The Kier molecular flexibility index (Phi) is 5.77. The van der Waals surface area contributed by atoms with Gasteiger partial charge in [-0.2, -0.15) is 0 Å². The van der Waals surface area contributed by atoms with Crippen molar-refractivity contribution < 1.29 is 19.8 Å². The molecule has 0 aliphatic carbocycles. The molecule has 6 nitrogen and oxygen atoms in total. The average molecular weight is 351 g/mol. The Hall–Kier alpha value is -1.12. The maximum atomic E-state index is 11.5. The minimum absolute atomic E-state index is 0.126. The lowest BCUT2D eigenvalue weighted by atomic mass is 10.0. The van der Waals surface area contributed by atoms with Crippen molar-refractivity contribution in [3.63, 3.8) is 0 Å². The lowest BCUT2D eigenvalue weighted by Gasteiger charge is -2.21. The number of carbonyl (C=O) groups is 2. The highest BCUT2D eigenvalue weighted by molar-refractivity contribution is 9.10. The zero-order valence-electron chi connectivity index (χ0n) is 10.3. The molecule has 8 heteroatoms. The summed E-state index contributed by atoms with van der Waals surface area (Å²) in [6, 6.07) is 1.45. The number of carbonyl (C=O) groups excluding carboxylic acids is 1. The van der Waals surface area contributed by atoms with Crippen LogP contribution in [0, 0.1) is 0 Å². The van der Waals surface area contributed by atoms with Gasteiger partial charge in [0, 0.05) is 21.3 Å². The van der Waals surface area contributed by atoms with Crippen molar-refractivity contribution in [1.82, 2.24) is 10.6 Å². The first kappa shape index (κ1) is 15.9. The molecule has 0 saturated carbocycles. The molecule has 1 unspecified atom stereocenters. The Morgan fingerprint density at radius 2 is 2.16 bits per heavy atom. The van der Waals surface area contributed by atoms with Gasteiger partial charge in [0.25, 0.3) is 0 Å². The predicted molar refractivity (Wildman–Crippen MR) is 75.1 cm³/mol. The van der Waals surface area contributed by atoms with Gasteiger partial charge in [0.15, 0.2) is 0 Å². The van der Waals surface area contributed by atoms with Gasteiger partial charge < -0.3 is 20.8 Å². The highest BCUT2D eigenvalue weighted by Gasteiger charge is 2.24. The number of rotatable bonds is 6. The van der Waals surface area contributed by atoms with E-state index in [1.165, 1.54) is 18.3 Å². The van der Waals surface area contributed by atoms with Gasteiger partial charge in [0.2, 0.25) is 0 Å². The number of carboxylic acid groups (broad SMARTS) is 1. The van der Waals surface area contributed by atoms with E-state index in [-0.39, 0.29) is 6.54 Å². The summed E-state index contributed by atoms with van der Waals surface area (Å²) in [5.41, 5.74) is -1.46. The molecule has 0 aliphatic rings. The molecule has 106 valence electrons. The van der Waals surface area contributed by atoms with Gasteiger partial charge in [-0.05, 0) is 28.9 Å². The summed E-state index contributed by atoms with van der Waals surface area (Å²) in [6.45, 7) is 1.61. The van der Waals surface area contributed by atoms with E-state index in [4.69, 9.17) is 5.11 Å². The molecule has 19 heavy (non-hydrogen) atoms. The molecule has 1 aromatic rings.